The Kier molecular flexibility index (Phi) is 3.08. The lowest BCUT2D eigenvalue weighted by molar-refractivity contribution is -0.171. The zero-order chi connectivity index (χ0) is 10.7. The molecule has 0 aromatic rings. The van der Waals surface area contributed by atoms with E-state index in [9.17, 15) is 4.79 Å². The van der Waals surface area contributed by atoms with Crippen LogP contribution in [0.4, 0.5) is 0 Å². The highest BCUT2D eigenvalue weighted by molar-refractivity contribution is 5.86. The summed E-state index contributed by atoms with van der Waals surface area (Å²) in [6.07, 6.45) is 2.75. The first-order chi connectivity index (χ1) is 6.56. The van der Waals surface area contributed by atoms with Crippen molar-refractivity contribution >= 4 is 12.2 Å². The SMILES string of the molecule is CON(C)C(=O)C1C=C(O)N=CN1C. The Morgan fingerprint density at radius 3 is 3.00 bits per heavy atom. The molecule has 6 nitrogen and oxygen atoms in total. The molecule has 0 radical (unpaired) electrons. The third-order valence-corrected chi connectivity index (χ3v) is 1.96. The molecule has 1 aliphatic rings. The summed E-state index contributed by atoms with van der Waals surface area (Å²) in [5.41, 5.74) is 0. The number of hydrogen-bond donors (Lipinski definition) is 1. The van der Waals surface area contributed by atoms with Crippen molar-refractivity contribution in [2.75, 3.05) is 21.2 Å². The van der Waals surface area contributed by atoms with Crippen molar-refractivity contribution in [3.05, 3.63) is 12.0 Å². The first kappa shape index (κ1) is 10.5. The van der Waals surface area contributed by atoms with Gasteiger partial charge in [-0.1, -0.05) is 0 Å². The Balaban J connectivity index is 2.77. The van der Waals surface area contributed by atoms with Crippen molar-refractivity contribution in [1.29, 1.82) is 0 Å². The van der Waals surface area contributed by atoms with Crippen LogP contribution < -0.4 is 0 Å². The number of likely N-dealkylation sites (N-methyl/N-ethyl adjacent to an activating group) is 2. The van der Waals surface area contributed by atoms with E-state index in [1.54, 1.807) is 11.9 Å². The van der Waals surface area contributed by atoms with Crippen LogP contribution >= 0.6 is 0 Å². The fraction of sp³-hybridized carbons (Fsp3) is 0.500. The van der Waals surface area contributed by atoms with Crippen molar-refractivity contribution < 1.29 is 14.7 Å². The van der Waals surface area contributed by atoms with Crippen LogP contribution in [-0.2, 0) is 9.63 Å². The lowest BCUT2D eigenvalue weighted by atomic mass is 10.2. The van der Waals surface area contributed by atoms with E-state index in [-0.39, 0.29) is 11.8 Å². The predicted octanol–water partition coefficient (Wildman–Crippen LogP) is -0.252. The number of carbonyl (C=O) groups is 1. The summed E-state index contributed by atoms with van der Waals surface area (Å²) >= 11 is 0. The molecule has 1 atom stereocenters. The molecule has 1 N–H and O–H groups in total. The number of hydrogen-bond acceptors (Lipinski definition) is 5. The molecular formula is C8H13N3O3. The van der Waals surface area contributed by atoms with Gasteiger partial charge in [0.05, 0.1) is 13.4 Å². The predicted molar refractivity (Wildman–Crippen MR) is 50.5 cm³/mol. The highest BCUT2D eigenvalue weighted by Crippen LogP contribution is 2.09. The van der Waals surface area contributed by atoms with Crippen molar-refractivity contribution in [3.8, 4) is 0 Å². The van der Waals surface area contributed by atoms with Crippen LogP contribution in [0.2, 0.25) is 0 Å². The van der Waals surface area contributed by atoms with Crippen LogP contribution in [-0.4, -0.2) is 54.6 Å². The lowest BCUT2D eigenvalue weighted by Gasteiger charge is -2.27. The second-order valence-electron chi connectivity index (χ2n) is 2.90. The summed E-state index contributed by atoms with van der Waals surface area (Å²) in [6.45, 7) is 0. The van der Waals surface area contributed by atoms with Crippen LogP contribution in [0.5, 0.6) is 0 Å². The van der Waals surface area contributed by atoms with Gasteiger partial charge in [0.15, 0.2) is 0 Å². The molecule has 0 aromatic heterocycles. The maximum atomic E-state index is 11.6. The van der Waals surface area contributed by atoms with Crippen LogP contribution in [0.1, 0.15) is 0 Å². The number of aliphatic hydroxyl groups is 1. The largest absolute Gasteiger partial charge is 0.493 e. The minimum atomic E-state index is -0.572. The Morgan fingerprint density at radius 1 is 1.79 bits per heavy atom. The second-order valence-corrected chi connectivity index (χ2v) is 2.90. The number of aliphatic imine (C=N–C) groups is 1. The quantitative estimate of drug-likeness (QED) is 0.623. The van der Waals surface area contributed by atoms with Gasteiger partial charge in [-0.15, -0.1) is 0 Å². The molecule has 0 bridgehead atoms. The number of carbonyl (C=O) groups excluding carboxylic acids is 1. The third-order valence-electron chi connectivity index (χ3n) is 1.96. The van der Waals surface area contributed by atoms with Gasteiger partial charge in [-0.25, -0.2) is 10.1 Å². The smallest absolute Gasteiger partial charge is 0.272 e. The summed E-state index contributed by atoms with van der Waals surface area (Å²) < 4.78 is 0. The van der Waals surface area contributed by atoms with Crippen molar-refractivity contribution in [2.45, 2.75) is 6.04 Å². The van der Waals surface area contributed by atoms with Crippen LogP contribution in [0.15, 0.2) is 17.0 Å². The van der Waals surface area contributed by atoms with Crippen molar-refractivity contribution in [1.82, 2.24) is 9.96 Å². The molecule has 6 heteroatoms. The first-order valence-electron chi connectivity index (χ1n) is 4.05. The van der Waals surface area contributed by atoms with Crippen LogP contribution in [0.3, 0.4) is 0 Å². The van der Waals surface area contributed by atoms with E-state index in [1.165, 1.54) is 26.6 Å². The fourth-order valence-corrected chi connectivity index (χ4v) is 1.05. The average Bonchev–Trinajstić information content (AvgIpc) is 2.19. The van der Waals surface area contributed by atoms with Crippen LogP contribution in [0, 0.1) is 0 Å². The lowest BCUT2D eigenvalue weighted by Crippen LogP contribution is -2.45. The van der Waals surface area contributed by atoms with Gasteiger partial charge >= 0.3 is 0 Å². The molecule has 78 valence electrons. The first-order valence-corrected chi connectivity index (χ1v) is 4.05. The summed E-state index contributed by atoms with van der Waals surface area (Å²) in [7, 11) is 4.60. The monoisotopic (exact) mass is 199 g/mol. The van der Waals surface area contributed by atoms with Crippen LogP contribution in [0.25, 0.3) is 0 Å². The van der Waals surface area contributed by atoms with Gasteiger partial charge in [-0.2, -0.15) is 0 Å². The Morgan fingerprint density at radius 2 is 2.43 bits per heavy atom. The van der Waals surface area contributed by atoms with Crippen molar-refractivity contribution in [3.63, 3.8) is 0 Å². The molecule has 0 spiro atoms. The average molecular weight is 199 g/mol. The molecule has 1 aliphatic heterocycles. The fourth-order valence-electron chi connectivity index (χ4n) is 1.05. The Hall–Kier alpha value is -1.56. The zero-order valence-corrected chi connectivity index (χ0v) is 8.34. The van der Waals surface area contributed by atoms with Gasteiger partial charge in [0.2, 0.25) is 5.88 Å². The molecule has 0 aliphatic carbocycles. The maximum Gasteiger partial charge on any atom is 0.272 e. The van der Waals surface area contributed by atoms with E-state index >= 15 is 0 Å². The van der Waals surface area contributed by atoms with E-state index in [2.05, 4.69) is 4.99 Å². The van der Waals surface area contributed by atoms with Gasteiger partial charge in [0, 0.05) is 20.2 Å². The van der Waals surface area contributed by atoms with Gasteiger partial charge in [0.25, 0.3) is 5.91 Å². The molecule has 14 heavy (non-hydrogen) atoms. The van der Waals surface area contributed by atoms with E-state index in [0.29, 0.717) is 0 Å². The van der Waals surface area contributed by atoms with Gasteiger partial charge in [-0.05, 0) is 0 Å². The second kappa shape index (κ2) is 4.10. The van der Waals surface area contributed by atoms with Gasteiger partial charge < -0.3 is 10.0 Å². The molecular weight excluding hydrogens is 186 g/mol. The molecule has 0 saturated carbocycles. The van der Waals surface area contributed by atoms with E-state index in [1.807, 2.05) is 0 Å². The highest BCUT2D eigenvalue weighted by Gasteiger charge is 2.26. The number of hydroxylamine groups is 2. The van der Waals surface area contributed by atoms with E-state index in [0.717, 1.165) is 5.06 Å². The highest BCUT2D eigenvalue weighted by atomic mass is 16.7. The topological polar surface area (TPSA) is 65.4 Å². The standard InChI is InChI=1S/C8H13N3O3/c1-10-5-9-7(12)4-6(10)8(13)11(2)14-3/h4-6,12H,1-3H3. The molecule has 1 amide bonds. The van der Waals surface area contributed by atoms with E-state index < -0.39 is 6.04 Å². The normalized spacial score (nSPS) is 20.6. The molecule has 1 heterocycles. The molecule has 0 saturated heterocycles. The summed E-state index contributed by atoms with van der Waals surface area (Å²) in [5, 5.41) is 10.2. The summed E-state index contributed by atoms with van der Waals surface area (Å²) in [6, 6.07) is -0.572. The zero-order valence-electron chi connectivity index (χ0n) is 8.34. The van der Waals surface area contributed by atoms with Crippen molar-refractivity contribution in [2.24, 2.45) is 4.99 Å². The molecule has 0 aromatic carbocycles. The van der Waals surface area contributed by atoms with E-state index in [4.69, 9.17) is 9.94 Å². The Labute approximate surface area is 82.0 Å². The molecule has 1 rings (SSSR count). The third kappa shape index (κ3) is 2.02. The minimum absolute atomic E-state index is 0.161. The Bertz CT molecular complexity index is 288. The summed E-state index contributed by atoms with van der Waals surface area (Å²) in [5.74, 6) is -0.432. The van der Waals surface area contributed by atoms with Gasteiger partial charge in [0.1, 0.15) is 6.04 Å². The minimum Gasteiger partial charge on any atom is -0.493 e. The number of amides is 1. The number of aliphatic hydroxyl groups excluding tert-OH is 1. The number of rotatable bonds is 2. The maximum absolute atomic E-state index is 11.6. The van der Waals surface area contributed by atoms with Gasteiger partial charge in [-0.3, -0.25) is 9.63 Å². The number of nitrogens with zero attached hydrogens (tertiary/aromatic N) is 3. The summed E-state index contributed by atoms with van der Waals surface area (Å²) in [4.78, 5) is 21.6. The molecule has 1 unspecified atom stereocenters. The molecule has 0 fully saturated rings.